The van der Waals surface area contributed by atoms with Crippen LogP contribution in [-0.4, -0.2) is 11.8 Å². The summed E-state index contributed by atoms with van der Waals surface area (Å²) >= 11 is 5.28. The standard InChI is InChI=1S/C16H15BrFNS/c17-14-8-11(18)6-5-10(14)7-15(19)13-9-20-16-4-2-1-3-12(13)16/h1-6,8,13,15H,7,9,19H2. The molecule has 1 aliphatic rings. The van der Waals surface area contributed by atoms with Crippen molar-refractivity contribution in [1.29, 1.82) is 0 Å². The topological polar surface area (TPSA) is 26.0 Å². The van der Waals surface area contributed by atoms with Crippen LogP contribution in [0, 0.1) is 5.82 Å². The Labute approximate surface area is 130 Å². The van der Waals surface area contributed by atoms with Gasteiger partial charge in [0.25, 0.3) is 0 Å². The fourth-order valence-electron chi connectivity index (χ4n) is 2.63. The Morgan fingerprint density at radius 3 is 2.90 bits per heavy atom. The first-order valence-corrected chi connectivity index (χ1v) is 8.34. The van der Waals surface area contributed by atoms with Gasteiger partial charge in [-0.05, 0) is 35.7 Å². The third-order valence-electron chi connectivity index (χ3n) is 3.72. The molecule has 4 heteroatoms. The second kappa shape index (κ2) is 5.88. The van der Waals surface area contributed by atoms with Crippen LogP contribution < -0.4 is 5.73 Å². The largest absolute Gasteiger partial charge is 0.327 e. The lowest BCUT2D eigenvalue weighted by atomic mass is 9.90. The van der Waals surface area contributed by atoms with E-state index in [1.54, 1.807) is 0 Å². The molecular formula is C16H15BrFNS. The molecule has 0 spiro atoms. The highest BCUT2D eigenvalue weighted by atomic mass is 79.9. The second-order valence-corrected chi connectivity index (χ2v) is 6.98. The first-order chi connectivity index (χ1) is 9.65. The molecule has 0 aliphatic carbocycles. The van der Waals surface area contributed by atoms with Gasteiger partial charge in [0.05, 0.1) is 0 Å². The Balaban J connectivity index is 1.79. The van der Waals surface area contributed by atoms with Gasteiger partial charge in [-0.15, -0.1) is 11.8 Å². The summed E-state index contributed by atoms with van der Waals surface area (Å²) in [7, 11) is 0. The van der Waals surface area contributed by atoms with Crippen LogP contribution in [0.2, 0.25) is 0 Å². The molecule has 0 saturated heterocycles. The van der Waals surface area contributed by atoms with E-state index in [2.05, 4.69) is 40.2 Å². The van der Waals surface area contributed by atoms with Gasteiger partial charge in [-0.2, -0.15) is 0 Å². The molecule has 0 amide bonds. The molecule has 0 radical (unpaired) electrons. The molecule has 0 bridgehead atoms. The number of hydrogen-bond acceptors (Lipinski definition) is 2. The highest BCUT2D eigenvalue weighted by Gasteiger charge is 2.28. The molecule has 0 saturated carbocycles. The van der Waals surface area contributed by atoms with Gasteiger partial charge in [0, 0.05) is 27.1 Å². The van der Waals surface area contributed by atoms with Crippen LogP contribution in [0.25, 0.3) is 0 Å². The summed E-state index contributed by atoms with van der Waals surface area (Å²) in [4.78, 5) is 1.34. The summed E-state index contributed by atoms with van der Waals surface area (Å²) < 4.78 is 13.9. The number of hydrogen-bond donors (Lipinski definition) is 1. The minimum atomic E-state index is -0.226. The number of rotatable bonds is 3. The molecule has 1 heterocycles. The number of thioether (sulfide) groups is 1. The van der Waals surface area contributed by atoms with Gasteiger partial charge >= 0.3 is 0 Å². The Kier molecular flexibility index (Phi) is 4.15. The van der Waals surface area contributed by atoms with E-state index in [4.69, 9.17) is 5.73 Å². The summed E-state index contributed by atoms with van der Waals surface area (Å²) in [6.07, 6.45) is 0.750. The zero-order valence-corrected chi connectivity index (χ0v) is 13.3. The molecule has 2 aromatic rings. The Morgan fingerprint density at radius 2 is 2.10 bits per heavy atom. The molecule has 2 atom stereocenters. The molecule has 20 heavy (non-hydrogen) atoms. The van der Waals surface area contributed by atoms with Gasteiger partial charge in [-0.3, -0.25) is 0 Å². The second-order valence-electron chi connectivity index (χ2n) is 5.06. The van der Waals surface area contributed by atoms with Crippen molar-refractivity contribution in [3.63, 3.8) is 0 Å². The summed E-state index contributed by atoms with van der Waals surface area (Å²) in [6.45, 7) is 0. The molecule has 0 fully saturated rings. The zero-order valence-electron chi connectivity index (χ0n) is 10.9. The van der Waals surface area contributed by atoms with Crippen LogP contribution in [0.4, 0.5) is 4.39 Å². The van der Waals surface area contributed by atoms with Gasteiger partial charge in [-0.1, -0.05) is 40.2 Å². The van der Waals surface area contributed by atoms with Gasteiger partial charge in [0.15, 0.2) is 0 Å². The maximum absolute atomic E-state index is 13.1. The zero-order chi connectivity index (χ0) is 14.1. The van der Waals surface area contributed by atoms with E-state index in [1.165, 1.54) is 22.6 Å². The smallest absolute Gasteiger partial charge is 0.124 e. The molecule has 1 aliphatic heterocycles. The van der Waals surface area contributed by atoms with E-state index in [1.807, 2.05) is 17.8 Å². The van der Waals surface area contributed by atoms with Crippen molar-refractivity contribution in [2.24, 2.45) is 5.73 Å². The average molecular weight is 352 g/mol. The molecule has 2 unspecified atom stereocenters. The number of fused-ring (bicyclic) bond motifs is 1. The van der Waals surface area contributed by atoms with Crippen LogP contribution in [-0.2, 0) is 6.42 Å². The summed E-state index contributed by atoms with van der Waals surface area (Å²) in [5, 5.41) is 0. The average Bonchev–Trinajstić information content (AvgIpc) is 2.86. The molecular weight excluding hydrogens is 337 g/mol. The monoisotopic (exact) mass is 351 g/mol. The Morgan fingerprint density at radius 1 is 1.30 bits per heavy atom. The summed E-state index contributed by atoms with van der Waals surface area (Å²) in [5.74, 6) is 1.17. The quantitative estimate of drug-likeness (QED) is 0.889. The predicted molar refractivity (Wildman–Crippen MR) is 85.7 cm³/mol. The van der Waals surface area contributed by atoms with Crippen molar-refractivity contribution in [2.75, 3.05) is 5.75 Å². The first-order valence-electron chi connectivity index (χ1n) is 6.56. The van der Waals surface area contributed by atoms with Crippen molar-refractivity contribution < 1.29 is 4.39 Å². The molecule has 0 aromatic heterocycles. The fraction of sp³-hybridized carbons (Fsp3) is 0.250. The minimum Gasteiger partial charge on any atom is -0.327 e. The molecule has 3 rings (SSSR count). The SMILES string of the molecule is NC(Cc1ccc(F)cc1Br)C1CSc2ccccc21. The van der Waals surface area contributed by atoms with E-state index in [-0.39, 0.29) is 11.9 Å². The van der Waals surface area contributed by atoms with E-state index in [0.717, 1.165) is 22.2 Å². The maximum Gasteiger partial charge on any atom is 0.124 e. The predicted octanol–water partition coefficient (Wildman–Crippen LogP) is 4.35. The highest BCUT2D eigenvalue weighted by molar-refractivity contribution is 9.10. The van der Waals surface area contributed by atoms with E-state index >= 15 is 0 Å². The van der Waals surface area contributed by atoms with E-state index in [9.17, 15) is 4.39 Å². The maximum atomic E-state index is 13.1. The Hall–Kier alpha value is -0.840. The van der Waals surface area contributed by atoms with Crippen molar-refractivity contribution in [1.82, 2.24) is 0 Å². The minimum absolute atomic E-state index is 0.0490. The van der Waals surface area contributed by atoms with Crippen LogP contribution in [0.1, 0.15) is 17.0 Å². The van der Waals surface area contributed by atoms with Crippen LogP contribution in [0.5, 0.6) is 0 Å². The fourth-order valence-corrected chi connectivity index (χ4v) is 4.48. The normalized spacial score (nSPS) is 18.9. The third kappa shape index (κ3) is 2.78. The van der Waals surface area contributed by atoms with Crippen LogP contribution in [0.15, 0.2) is 51.8 Å². The summed E-state index contributed by atoms with van der Waals surface area (Å²) in [5.41, 5.74) is 8.82. The molecule has 2 N–H and O–H groups in total. The first kappa shape index (κ1) is 14.1. The van der Waals surface area contributed by atoms with Crippen LogP contribution >= 0.6 is 27.7 Å². The van der Waals surface area contributed by atoms with Crippen molar-refractivity contribution in [3.8, 4) is 0 Å². The third-order valence-corrected chi connectivity index (χ3v) is 5.67. The van der Waals surface area contributed by atoms with Crippen molar-refractivity contribution in [2.45, 2.75) is 23.3 Å². The van der Waals surface area contributed by atoms with Crippen LogP contribution in [0.3, 0.4) is 0 Å². The highest BCUT2D eigenvalue weighted by Crippen LogP contribution is 2.41. The van der Waals surface area contributed by atoms with Crippen molar-refractivity contribution in [3.05, 3.63) is 63.9 Å². The lowest BCUT2D eigenvalue weighted by Gasteiger charge is -2.20. The Bertz CT molecular complexity index is 632. The lowest BCUT2D eigenvalue weighted by Crippen LogP contribution is -2.31. The lowest BCUT2D eigenvalue weighted by molar-refractivity contribution is 0.569. The molecule has 1 nitrogen and oxygen atoms in total. The molecule has 2 aromatic carbocycles. The van der Waals surface area contributed by atoms with Gasteiger partial charge in [-0.25, -0.2) is 4.39 Å². The van der Waals surface area contributed by atoms with Gasteiger partial charge in [0.1, 0.15) is 5.82 Å². The van der Waals surface area contributed by atoms with E-state index < -0.39 is 0 Å². The molecule has 104 valence electrons. The van der Waals surface area contributed by atoms with Gasteiger partial charge < -0.3 is 5.73 Å². The number of nitrogens with two attached hydrogens (primary N) is 1. The number of benzene rings is 2. The van der Waals surface area contributed by atoms with Gasteiger partial charge in [0.2, 0.25) is 0 Å². The number of halogens is 2. The van der Waals surface area contributed by atoms with Crippen molar-refractivity contribution >= 4 is 27.7 Å². The van der Waals surface area contributed by atoms with E-state index in [0.29, 0.717) is 5.92 Å². The summed E-state index contributed by atoms with van der Waals surface area (Å²) in [6, 6.07) is 13.3.